The smallest absolute Gasteiger partial charge is 0.326 e. The van der Waals surface area contributed by atoms with Crippen LogP contribution in [0.15, 0.2) is 40.8 Å². The van der Waals surface area contributed by atoms with E-state index >= 15 is 0 Å². The average Bonchev–Trinajstić information content (AvgIpc) is 3.09. The van der Waals surface area contributed by atoms with Crippen LogP contribution in [0.25, 0.3) is 21.3 Å². The third kappa shape index (κ3) is 3.87. The van der Waals surface area contributed by atoms with Crippen LogP contribution in [0.2, 0.25) is 0 Å². The number of benzene rings is 1. The van der Waals surface area contributed by atoms with Crippen LogP contribution < -0.4 is 5.56 Å². The maximum atomic E-state index is 13.1. The number of thiophene rings is 1. The average molecular weight is 397 g/mol. The standard InChI is InChI=1S/C22H24N2O3S/c1-14-6-8-16(9-7-14)18-12-28-21-20(18)22(26)24(13-23-21)11-19(25)27-17-5-3-4-15(2)10-17/h6-9,12-13,15,17H,3-5,10-11H2,1-2H3. The highest BCUT2D eigenvalue weighted by Gasteiger charge is 2.23. The Morgan fingerprint density at radius 1 is 1.29 bits per heavy atom. The van der Waals surface area contributed by atoms with Crippen molar-refractivity contribution in [2.45, 2.75) is 52.2 Å². The van der Waals surface area contributed by atoms with Crippen LogP contribution in [0.1, 0.15) is 38.2 Å². The van der Waals surface area contributed by atoms with Gasteiger partial charge in [0.25, 0.3) is 5.56 Å². The van der Waals surface area contributed by atoms with Crippen molar-refractivity contribution in [2.24, 2.45) is 5.92 Å². The minimum atomic E-state index is -0.366. The van der Waals surface area contributed by atoms with Crippen LogP contribution >= 0.6 is 11.3 Å². The predicted octanol–water partition coefficient (Wildman–Crippen LogP) is 4.56. The number of nitrogens with zero attached hydrogens (tertiary/aromatic N) is 2. The number of rotatable bonds is 4. The van der Waals surface area contributed by atoms with Gasteiger partial charge in [0, 0.05) is 10.9 Å². The summed E-state index contributed by atoms with van der Waals surface area (Å²) in [6.45, 7) is 4.12. The molecule has 28 heavy (non-hydrogen) atoms. The van der Waals surface area contributed by atoms with E-state index in [4.69, 9.17) is 4.74 Å². The monoisotopic (exact) mass is 396 g/mol. The minimum absolute atomic E-state index is 0.0343. The maximum Gasteiger partial charge on any atom is 0.326 e. The molecule has 5 nitrogen and oxygen atoms in total. The second kappa shape index (κ2) is 7.87. The summed E-state index contributed by atoms with van der Waals surface area (Å²) >= 11 is 1.44. The highest BCUT2D eigenvalue weighted by molar-refractivity contribution is 7.17. The van der Waals surface area contributed by atoms with Gasteiger partial charge in [0.05, 0.1) is 11.7 Å². The summed E-state index contributed by atoms with van der Waals surface area (Å²) in [5.74, 6) is 0.213. The van der Waals surface area contributed by atoms with Crippen LogP contribution in [0.4, 0.5) is 0 Å². The van der Waals surface area contributed by atoms with E-state index < -0.39 is 0 Å². The summed E-state index contributed by atoms with van der Waals surface area (Å²) in [4.78, 5) is 30.5. The van der Waals surface area contributed by atoms with Gasteiger partial charge in [0.1, 0.15) is 17.5 Å². The van der Waals surface area contributed by atoms with E-state index in [0.29, 0.717) is 16.1 Å². The van der Waals surface area contributed by atoms with Crippen molar-refractivity contribution in [1.29, 1.82) is 0 Å². The summed E-state index contributed by atoms with van der Waals surface area (Å²) in [6, 6.07) is 8.06. The predicted molar refractivity (Wildman–Crippen MR) is 112 cm³/mol. The molecule has 2 aromatic heterocycles. The molecule has 4 rings (SSSR count). The fourth-order valence-corrected chi connectivity index (χ4v) is 4.78. The zero-order chi connectivity index (χ0) is 19.7. The third-order valence-electron chi connectivity index (χ3n) is 5.41. The zero-order valence-electron chi connectivity index (χ0n) is 16.2. The summed E-state index contributed by atoms with van der Waals surface area (Å²) in [7, 11) is 0. The molecule has 3 aromatic rings. The number of aryl methyl sites for hydroxylation is 1. The largest absolute Gasteiger partial charge is 0.461 e. The molecular formula is C22H24N2O3S. The number of ether oxygens (including phenoxy) is 1. The van der Waals surface area contributed by atoms with Gasteiger partial charge in [-0.3, -0.25) is 14.2 Å². The van der Waals surface area contributed by atoms with Gasteiger partial charge in [-0.2, -0.15) is 0 Å². The fourth-order valence-electron chi connectivity index (χ4n) is 3.87. The van der Waals surface area contributed by atoms with Gasteiger partial charge in [-0.1, -0.05) is 43.2 Å². The first-order chi connectivity index (χ1) is 13.5. The van der Waals surface area contributed by atoms with E-state index in [2.05, 4.69) is 11.9 Å². The molecule has 0 amide bonds. The first kappa shape index (κ1) is 18.9. The normalized spacial score (nSPS) is 19.6. The molecule has 146 valence electrons. The lowest BCUT2D eigenvalue weighted by Gasteiger charge is -2.26. The molecule has 2 unspecified atom stereocenters. The quantitative estimate of drug-likeness (QED) is 0.607. The molecule has 1 aromatic carbocycles. The number of aromatic nitrogens is 2. The molecule has 6 heteroatoms. The number of carbonyl (C=O) groups is 1. The molecule has 1 aliphatic rings. The van der Waals surface area contributed by atoms with Gasteiger partial charge in [0.15, 0.2) is 0 Å². The number of carbonyl (C=O) groups excluding carboxylic acids is 1. The fraction of sp³-hybridized carbons (Fsp3) is 0.409. The van der Waals surface area contributed by atoms with Crippen LogP contribution in [-0.4, -0.2) is 21.6 Å². The SMILES string of the molecule is Cc1ccc(-c2csc3ncn(CC(=O)OC4CCCC(C)C4)c(=O)c23)cc1. The second-order valence-corrected chi connectivity index (χ2v) is 8.61. The maximum absolute atomic E-state index is 13.1. The molecule has 0 spiro atoms. The van der Waals surface area contributed by atoms with E-state index in [-0.39, 0.29) is 24.2 Å². The molecule has 0 saturated heterocycles. The summed E-state index contributed by atoms with van der Waals surface area (Å²) in [5.41, 5.74) is 2.81. The Labute approximate surface area is 168 Å². The third-order valence-corrected chi connectivity index (χ3v) is 6.30. The molecule has 0 aliphatic heterocycles. The zero-order valence-corrected chi connectivity index (χ0v) is 17.0. The Morgan fingerprint density at radius 2 is 2.07 bits per heavy atom. The van der Waals surface area contributed by atoms with Gasteiger partial charge in [0.2, 0.25) is 0 Å². The van der Waals surface area contributed by atoms with Crippen molar-refractivity contribution in [2.75, 3.05) is 0 Å². The van der Waals surface area contributed by atoms with Crippen molar-refractivity contribution >= 4 is 27.5 Å². The lowest BCUT2D eigenvalue weighted by atomic mass is 9.89. The summed E-state index contributed by atoms with van der Waals surface area (Å²) in [5, 5.41) is 2.52. The highest BCUT2D eigenvalue weighted by Crippen LogP contribution is 2.31. The van der Waals surface area contributed by atoms with Crippen molar-refractivity contribution in [3.63, 3.8) is 0 Å². The van der Waals surface area contributed by atoms with E-state index in [1.807, 2.05) is 36.6 Å². The lowest BCUT2D eigenvalue weighted by Crippen LogP contribution is -2.30. The van der Waals surface area contributed by atoms with Gasteiger partial charge >= 0.3 is 5.97 Å². The minimum Gasteiger partial charge on any atom is -0.461 e. The molecule has 0 bridgehead atoms. The number of hydrogen-bond acceptors (Lipinski definition) is 5. The van der Waals surface area contributed by atoms with E-state index in [1.54, 1.807) is 0 Å². The molecule has 0 N–H and O–H groups in total. The van der Waals surface area contributed by atoms with Crippen molar-refractivity contribution in [3.05, 3.63) is 51.9 Å². The van der Waals surface area contributed by atoms with E-state index in [0.717, 1.165) is 30.4 Å². The van der Waals surface area contributed by atoms with Gasteiger partial charge in [-0.05, 0) is 37.7 Å². The van der Waals surface area contributed by atoms with E-state index in [1.165, 1.54) is 34.2 Å². The lowest BCUT2D eigenvalue weighted by molar-refractivity contribution is -0.152. The first-order valence-corrected chi connectivity index (χ1v) is 10.6. The van der Waals surface area contributed by atoms with Gasteiger partial charge in [-0.25, -0.2) is 4.98 Å². The Kier molecular flexibility index (Phi) is 5.31. The Balaban J connectivity index is 1.59. The molecule has 1 aliphatic carbocycles. The van der Waals surface area contributed by atoms with Gasteiger partial charge < -0.3 is 4.74 Å². The summed E-state index contributed by atoms with van der Waals surface area (Å²) in [6.07, 6.45) is 5.50. The van der Waals surface area contributed by atoms with Crippen molar-refractivity contribution in [3.8, 4) is 11.1 Å². The second-order valence-electron chi connectivity index (χ2n) is 7.76. The van der Waals surface area contributed by atoms with Crippen LogP contribution in [0.3, 0.4) is 0 Å². The van der Waals surface area contributed by atoms with Crippen molar-refractivity contribution in [1.82, 2.24) is 9.55 Å². The van der Waals surface area contributed by atoms with Crippen molar-refractivity contribution < 1.29 is 9.53 Å². The Bertz CT molecular complexity index is 1050. The number of hydrogen-bond donors (Lipinski definition) is 0. The summed E-state index contributed by atoms with van der Waals surface area (Å²) < 4.78 is 6.98. The van der Waals surface area contributed by atoms with E-state index in [9.17, 15) is 9.59 Å². The Hall–Kier alpha value is -2.47. The molecule has 1 fully saturated rings. The van der Waals surface area contributed by atoms with Crippen LogP contribution in [0, 0.1) is 12.8 Å². The van der Waals surface area contributed by atoms with Crippen LogP contribution in [-0.2, 0) is 16.1 Å². The van der Waals surface area contributed by atoms with Crippen LogP contribution in [0.5, 0.6) is 0 Å². The van der Waals surface area contributed by atoms with Gasteiger partial charge in [-0.15, -0.1) is 11.3 Å². The Morgan fingerprint density at radius 3 is 2.82 bits per heavy atom. The first-order valence-electron chi connectivity index (χ1n) is 9.74. The number of esters is 1. The highest BCUT2D eigenvalue weighted by atomic mass is 32.1. The molecule has 2 heterocycles. The molecule has 2 atom stereocenters. The molecule has 0 radical (unpaired) electrons. The molecular weight excluding hydrogens is 372 g/mol. The topological polar surface area (TPSA) is 61.2 Å². The number of fused-ring (bicyclic) bond motifs is 1. The molecule has 1 saturated carbocycles.